The summed E-state index contributed by atoms with van der Waals surface area (Å²) in [6.07, 6.45) is 0. The van der Waals surface area contributed by atoms with Crippen molar-refractivity contribution in [2.45, 2.75) is 26.2 Å². The van der Waals surface area contributed by atoms with Gasteiger partial charge in [-0.3, -0.25) is 0 Å². The summed E-state index contributed by atoms with van der Waals surface area (Å²) in [6, 6.07) is 7.78. The van der Waals surface area contributed by atoms with Crippen LogP contribution in [0, 0.1) is 0 Å². The fraction of sp³-hybridized carbons (Fsp3) is 0.308. The Balaban J connectivity index is 2.38. The minimum Gasteiger partial charge on any atom is -0.424 e. The van der Waals surface area contributed by atoms with E-state index in [2.05, 4.69) is 35.7 Å². The molecule has 6 heteroatoms. The van der Waals surface area contributed by atoms with Gasteiger partial charge < -0.3 is 4.74 Å². The smallest absolute Gasteiger partial charge is 0.327 e. The number of hydrogen-bond donors (Lipinski definition) is 0. The maximum Gasteiger partial charge on any atom is 0.327 e. The summed E-state index contributed by atoms with van der Waals surface area (Å²) in [5.74, 6) is 0.674. The molecular formula is C13H13Cl2N3O. The molecule has 0 aliphatic rings. The molecule has 0 fully saturated rings. The van der Waals surface area contributed by atoms with Gasteiger partial charge in [0, 0.05) is 5.56 Å². The molecule has 0 bridgehead atoms. The van der Waals surface area contributed by atoms with E-state index in [-0.39, 0.29) is 22.0 Å². The van der Waals surface area contributed by atoms with Gasteiger partial charge in [-0.2, -0.15) is 15.0 Å². The lowest BCUT2D eigenvalue weighted by Crippen LogP contribution is -2.12. The number of para-hydroxylation sites is 1. The summed E-state index contributed by atoms with van der Waals surface area (Å²) < 4.78 is 5.67. The van der Waals surface area contributed by atoms with Gasteiger partial charge in [-0.1, -0.05) is 39.0 Å². The van der Waals surface area contributed by atoms with Gasteiger partial charge in [0.15, 0.2) is 0 Å². The second-order valence-electron chi connectivity index (χ2n) is 5.00. The van der Waals surface area contributed by atoms with Gasteiger partial charge in [-0.15, -0.1) is 0 Å². The summed E-state index contributed by atoms with van der Waals surface area (Å²) in [7, 11) is 0. The van der Waals surface area contributed by atoms with Gasteiger partial charge in [0.05, 0.1) is 0 Å². The van der Waals surface area contributed by atoms with Crippen LogP contribution in [0.3, 0.4) is 0 Å². The molecule has 0 amide bonds. The van der Waals surface area contributed by atoms with Crippen molar-refractivity contribution < 1.29 is 4.74 Å². The lowest BCUT2D eigenvalue weighted by atomic mass is 9.86. The highest BCUT2D eigenvalue weighted by Crippen LogP contribution is 2.33. The molecular weight excluding hydrogens is 285 g/mol. The second kappa shape index (κ2) is 5.31. The molecule has 100 valence electrons. The van der Waals surface area contributed by atoms with Gasteiger partial charge in [0.25, 0.3) is 0 Å². The van der Waals surface area contributed by atoms with Gasteiger partial charge in [-0.25, -0.2) is 0 Å². The van der Waals surface area contributed by atoms with E-state index in [9.17, 15) is 0 Å². The van der Waals surface area contributed by atoms with Crippen molar-refractivity contribution in [2.75, 3.05) is 0 Å². The Kier molecular flexibility index (Phi) is 3.92. The van der Waals surface area contributed by atoms with Crippen molar-refractivity contribution in [3.05, 3.63) is 40.4 Å². The first-order valence-corrected chi connectivity index (χ1v) is 6.46. The first kappa shape index (κ1) is 14.0. The molecule has 4 nitrogen and oxygen atoms in total. The molecule has 19 heavy (non-hydrogen) atoms. The van der Waals surface area contributed by atoms with Crippen LogP contribution in [0.15, 0.2) is 24.3 Å². The van der Waals surface area contributed by atoms with Crippen molar-refractivity contribution in [1.29, 1.82) is 0 Å². The number of halogens is 2. The van der Waals surface area contributed by atoms with E-state index < -0.39 is 0 Å². The van der Waals surface area contributed by atoms with Crippen LogP contribution >= 0.6 is 23.2 Å². The van der Waals surface area contributed by atoms with Crippen LogP contribution < -0.4 is 4.74 Å². The fourth-order valence-electron chi connectivity index (χ4n) is 1.63. The third-order valence-electron chi connectivity index (χ3n) is 2.46. The molecule has 0 saturated carbocycles. The Morgan fingerprint density at radius 1 is 0.947 bits per heavy atom. The van der Waals surface area contributed by atoms with Crippen LogP contribution in [0.1, 0.15) is 26.3 Å². The molecule has 0 saturated heterocycles. The van der Waals surface area contributed by atoms with Crippen molar-refractivity contribution in [3.63, 3.8) is 0 Å². The molecule has 1 heterocycles. The highest BCUT2D eigenvalue weighted by Gasteiger charge is 2.19. The summed E-state index contributed by atoms with van der Waals surface area (Å²) in [5.41, 5.74) is 0.986. The van der Waals surface area contributed by atoms with Crippen molar-refractivity contribution in [2.24, 2.45) is 0 Å². The van der Waals surface area contributed by atoms with Crippen LogP contribution in [0.2, 0.25) is 10.6 Å². The lowest BCUT2D eigenvalue weighted by molar-refractivity contribution is 0.421. The minimum atomic E-state index is -0.0583. The van der Waals surface area contributed by atoms with E-state index in [0.29, 0.717) is 5.75 Å². The Hall–Kier alpha value is -1.39. The molecule has 1 aromatic carbocycles. The zero-order valence-electron chi connectivity index (χ0n) is 10.8. The normalized spacial score (nSPS) is 11.4. The van der Waals surface area contributed by atoms with E-state index in [0.717, 1.165) is 5.56 Å². The zero-order chi connectivity index (χ0) is 14.0. The fourth-order valence-corrected chi connectivity index (χ4v) is 1.98. The maximum absolute atomic E-state index is 5.72. The van der Waals surface area contributed by atoms with Crippen molar-refractivity contribution in [1.82, 2.24) is 15.0 Å². The SMILES string of the molecule is CC(C)(C)c1ccccc1Oc1nc(Cl)nc(Cl)n1. The maximum atomic E-state index is 5.72. The Labute approximate surface area is 121 Å². The van der Waals surface area contributed by atoms with Crippen LogP contribution in [-0.4, -0.2) is 15.0 Å². The Bertz CT molecular complexity index is 576. The van der Waals surface area contributed by atoms with Gasteiger partial charge in [0.2, 0.25) is 10.6 Å². The van der Waals surface area contributed by atoms with Crippen molar-refractivity contribution in [3.8, 4) is 11.8 Å². The Morgan fingerprint density at radius 2 is 1.53 bits per heavy atom. The van der Waals surface area contributed by atoms with Crippen LogP contribution in [0.5, 0.6) is 11.8 Å². The first-order chi connectivity index (χ1) is 8.86. The monoisotopic (exact) mass is 297 g/mol. The lowest BCUT2D eigenvalue weighted by Gasteiger charge is -2.21. The number of aromatic nitrogens is 3. The standard InChI is InChI=1S/C13H13Cl2N3O/c1-13(2,3)8-6-4-5-7-9(8)19-12-17-10(14)16-11(15)18-12/h4-7H,1-3H3. The molecule has 0 aliphatic heterocycles. The van der Waals surface area contributed by atoms with Crippen LogP contribution in [0.25, 0.3) is 0 Å². The number of rotatable bonds is 2. The predicted molar refractivity (Wildman–Crippen MR) is 75.1 cm³/mol. The van der Waals surface area contributed by atoms with Gasteiger partial charge in [0.1, 0.15) is 5.75 Å². The topological polar surface area (TPSA) is 47.9 Å². The number of benzene rings is 1. The third-order valence-corrected chi connectivity index (χ3v) is 2.79. The summed E-state index contributed by atoms with van der Waals surface area (Å²) in [4.78, 5) is 11.5. The molecule has 0 radical (unpaired) electrons. The highest BCUT2D eigenvalue weighted by molar-refractivity contribution is 6.31. The molecule has 0 N–H and O–H groups in total. The number of ether oxygens (including phenoxy) is 1. The van der Waals surface area contributed by atoms with Crippen LogP contribution in [-0.2, 0) is 5.41 Å². The van der Waals surface area contributed by atoms with Gasteiger partial charge >= 0.3 is 6.01 Å². The minimum absolute atomic E-state index is 0.00300. The van der Waals surface area contributed by atoms with E-state index in [1.807, 2.05) is 24.3 Å². The molecule has 0 atom stereocenters. The quantitative estimate of drug-likeness (QED) is 0.830. The second-order valence-corrected chi connectivity index (χ2v) is 5.68. The largest absolute Gasteiger partial charge is 0.424 e. The highest BCUT2D eigenvalue weighted by atomic mass is 35.5. The van der Waals surface area contributed by atoms with E-state index in [1.54, 1.807) is 0 Å². The first-order valence-electron chi connectivity index (χ1n) is 5.71. The van der Waals surface area contributed by atoms with E-state index in [1.165, 1.54) is 0 Å². The van der Waals surface area contributed by atoms with E-state index >= 15 is 0 Å². The molecule has 1 aromatic heterocycles. The van der Waals surface area contributed by atoms with Crippen LogP contribution in [0.4, 0.5) is 0 Å². The predicted octanol–water partition coefficient (Wildman–Crippen LogP) is 4.27. The Morgan fingerprint density at radius 3 is 2.11 bits per heavy atom. The average Bonchev–Trinajstić information content (AvgIpc) is 2.26. The molecule has 0 aliphatic carbocycles. The zero-order valence-corrected chi connectivity index (χ0v) is 12.3. The van der Waals surface area contributed by atoms with Crippen molar-refractivity contribution >= 4 is 23.2 Å². The molecule has 2 rings (SSSR count). The average molecular weight is 298 g/mol. The molecule has 2 aromatic rings. The molecule has 0 spiro atoms. The summed E-state index contributed by atoms with van der Waals surface area (Å²) >= 11 is 11.4. The third kappa shape index (κ3) is 3.55. The van der Waals surface area contributed by atoms with Gasteiger partial charge in [-0.05, 0) is 34.7 Å². The summed E-state index contributed by atoms with van der Waals surface area (Å²) in [6.45, 7) is 6.30. The number of hydrogen-bond acceptors (Lipinski definition) is 4. The van der Waals surface area contributed by atoms with E-state index in [4.69, 9.17) is 27.9 Å². The number of nitrogens with zero attached hydrogens (tertiary/aromatic N) is 3. The molecule has 0 unspecified atom stereocenters. The summed E-state index contributed by atoms with van der Waals surface area (Å²) in [5, 5.41) is 0.00600.